The standard InChI is InChI=1S/C22H32N2O3/c1-5-17(4)18-8-10-19(11-9-18)26-16-20-12-13-21(27-20)22(25)23-14-15-24(6-2)7-3/h8-13,17H,5-7,14-16H2,1-4H3,(H,23,25). The van der Waals surface area contributed by atoms with E-state index in [0.29, 0.717) is 30.6 Å². The average molecular weight is 373 g/mol. The van der Waals surface area contributed by atoms with Crippen LogP contribution in [-0.2, 0) is 6.61 Å². The molecule has 0 spiro atoms. The van der Waals surface area contributed by atoms with Gasteiger partial charge < -0.3 is 19.4 Å². The number of carbonyl (C=O) groups is 1. The van der Waals surface area contributed by atoms with Gasteiger partial charge in [-0.25, -0.2) is 0 Å². The van der Waals surface area contributed by atoms with Crippen LogP contribution in [0.4, 0.5) is 0 Å². The summed E-state index contributed by atoms with van der Waals surface area (Å²) in [4.78, 5) is 14.4. The highest BCUT2D eigenvalue weighted by Gasteiger charge is 2.12. The number of nitrogens with zero attached hydrogens (tertiary/aromatic N) is 1. The zero-order chi connectivity index (χ0) is 19.6. The van der Waals surface area contributed by atoms with Crippen LogP contribution in [0, 0.1) is 0 Å². The fourth-order valence-electron chi connectivity index (χ4n) is 2.81. The number of nitrogens with one attached hydrogen (secondary N) is 1. The van der Waals surface area contributed by atoms with Crippen molar-refractivity contribution in [3.05, 3.63) is 53.5 Å². The Bertz CT molecular complexity index is 690. The van der Waals surface area contributed by atoms with Gasteiger partial charge in [0.25, 0.3) is 5.91 Å². The summed E-state index contributed by atoms with van der Waals surface area (Å²) in [5, 5.41) is 2.89. The fraction of sp³-hybridized carbons (Fsp3) is 0.500. The average Bonchev–Trinajstić information content (AvgIpc) is 3.18. The number of hydrogen-bond acceptors (Lipinski definition) is 4. The van der Waals surface area contributed by atoms with E-state index < -0.39 is 0 Å². The number of carbonyl (C=O) groups excluding carboxylic acids is 1. The van der Waals surface area contributed by atoms with Gasteiger partial charge >= 0.3 is 0 Å². The Kier molecular flexibility index (Phi) is 8.40. The molecule has 5 nitrogen and oxygen atoms in total. The van der Waals surface area contributed by atoms with Gasteiger partial charge in [0, 0.05) is 13.1 Å². The van der Waals surface area contributed by atoms with Crippen LogP contribution in [0.15, 0.2) is 40.8 Å². The second kappa shape index (κ2) is 10.8. The molecule has 0 fully saturated rings. The molecule has 0 aliphatic carbocycles. The highest BCUT2D eigenvalue weighted by Crippen LogP contribution is 2.22. The van der Waals surface area contributed by atoms with Crippen LogP contribution in [0.2, 0.25) is 0 Å². The van der Waals surface area contributed by atoms with Crippen molar-refractivity contribution in [2.75, 3.05) is 26.2 Å². The minimum atomic E-state index is -0.189. The Labute approximate surface area is 162 Å². The van der Waals surface area contributed by atoms with Crippen LogP contribution >= 0.6 is 0 Å². The van der Waals surface area contributed by atoms with Crippen molar-refractivity contribution in [1.82, 2.24) is 10.2 Å². The van der Waals surface area contributed by atoms with E-state index in [1.165, 1.54) is 5.56 Å². The van der Waals surface area contributed by atoms with E-state index in [1.54, 1.807) is 12.1 Å². The number of furan rings is 1. The summed E-state index contributed by atoms with van der Waals surface area (Å²) in [6.07, 6.45) is 1.12. The fourth-order valence-corrected chi connectivity index (χ4v) is 2.81. The molecular formula is C22H32N2O3. The van der Waals surface area contributed by atoms with E-state index in [1.807, 2.05) is 12.1 Å². The molecule has 1 aromatic heterocycles. The molecule has 1 N–H and O–H groups in total. The SMILES string of the molecule is CCC(C)c1ccc(OCc2ccc(C(=O)NCCN(CC)CC)o2)cc1. The summed E-state index contributed by atoms with van der Waals surface area (Å²) in [6, 6.07) is 11.6. The van der Waals surface area contributed by atoms with Gasteiger partial charge in [-0.05, 0) is 55.3 Å². The molecule has 2 aromatic rings. The molecule has 1 aromatic carbocycles. The van der Waals surface area contributed by atoms with Crippen molar-refractivity contribution in [1.29, 1.82) is 0 Å². The minimum Gasteiger partial charge on any atom is -0.486 e. The third kappa shape index (κ3) is 6.43. The molecule has 2 rings (SSSR count). The first-order chi connectivity index (χ1) is 13.1. The van der Waals surface area contributed by atoms with Crippen LogP contribution in [-0.4, -0.2) is 37.0 Å². The molecule has 1 heterocycles. The Morgan fingerprint density at radius 1 is 1.11 bits per heavy atom. The summed E-state index contributed by atoms with van der Waals surface area (Å²) >= 11 is 0. The van der Waals surface area contributed by atoms with E-state index >= 15 is 0 Å². The maximum absolute atomic E-state index is 12.2. The smallest absolute Gasteiger partial charge is 0.287 e. The van der Waals surface area contributed by atoms with Crippen molar-refractivity contribution >= 4 is 5.91 Å². The predicted octanol–water partition coefficient (Wildman–Crippen LogP) is 4.44. The molecule has 5 heteroatoms. The molecule has 0 saturated heterocycles. The van der Waals surface area contributed by atoms with Gasteiger partial charge in [-0.3, -0.25) is 4.79 Å². The topological polar surface area (TPSA) is 54.7 Å². The molecule has 1 unspecified atom stereocenters. The molecule has 1 atom stereocenters. The maximum Gasteiger partial charge on any atom is 0.287 e. The van der Waals surface area contributed by atoms with Crippen LogP contribution in [0.1, 0.15) is 61.9 Å². The summed E-state index contributed by atoms with van der Waals surface area (Å²) in [7, 11) is 0. The van der Waals surface area contributed by atoms with Gasteiger partial charge in [-0.1, -0.05) is 39.8 Å². The van der Waals surface area contributed by atoms with Crippen LogP contribution < -0.4 is 10.1 Å². The molecule has 148 valence electrons. The normalized spacial score (nSPS) is 12.2. The Morgan fingerprint density at radius 2 is 1.81 bits per heavy atom. The first kappa shape index (κ1) is 21.0. The van der Waals surface area contributed by atoms with E-state index in [2.05, 4.69) is 50.0 Å². The van der Waals surface area contributed by atoms with Gasteiger partial charge in [0.1, 0.15) is 18.1 Å². The van der Waals surface area contributed by atoms with Crippen molar-refractivity contribution < 1.29 is 13.9 Å². The number of rotatable bonds is 11. The second-order valence-corrected chi connectivity index (χ2v) is 6.72. The van der Waals surface area contributed by atoms with Gasteiger partial charge in [0.2, 0.25) is 0 Å². The molecule has 27 heavy (non-hydrogen) atoms. The Hall–Kier alpha value is -2.27. The monoisotopic (exact) mass is 372 g/mol. The Morgan fingerprint density at radius 3 is 2.44 bits per heavy atom. The summed E-state index contributed by atoms with van der Waals surface area (Å²) < 4.78 is 11.4. The van der Waals surface area contributed by atoms with E-state index in [4.69, 9.17) is 9.15 Å². The van der Waals surface area contributed by atoms with Crippen molar-refractivity contribution in [2.45, 2.75) is 46.6 Å². The number of ether oxygens (including phenoxy) is 1. The van der Waals surface area contributed by atoms with Crippen molar-refractivity contribution in [3.8, 4) is 5.75 Å². The third-order valence-electron chi connectivity index (χ3n) is 4.94. The zero-order valence-electron chi connectivity index (χ0n) is 17.0. The van der Waals surface area contributed by atoms with Gasteiger partial charge in [-0.2, -0.15) is 0 Å². The van der Waals surface area contributed by atoms with Crippen LogP contribution in [0.25, 0.3) is 0 Å². The van der Waals surface area contributed by atoms with Crippen LogP contribution in [0.3, 0.4) is 0 Å². The second-order valence-electron chi connectivity index (χ2n) is 6.72. The number of likely N-dealkylation sites (N-methyl/N-ethyl adjacent to an activating group) is 1. The minimum absolute atomic E-state index is 0.189. The van der Waals surface area contributed by atoms with Gasteiger partial charge in [0.05, 0.1) is 0 Å². The lowest BCUT2D eigenvalue weighted by atomic mass is 9.99. The molecule has 0 saturated carbocycles. The van der Waals surface area contributed by atoms with Gasteiger partial charge in [0.15, 0.2) is 5.76 Å². The molecule has 0 aliphatic rings. The number of amides is 1. The van der Waals surface area contributed by atoms with E-state index in [0.717, 1.165) is 31.8 Å². The molecule has 0 bridgehead atoms. The highest BCUT2D eigenvalue weighted by atomic mass is 16.5. The molecule has 1 amide bonds. The summed E-state index contributed by atoms with van der Waals surface area (Å²) in [5.74, 6) is 2.11. The summed E-state index contributed by atoms with van der Waals surface area (Å²) in [6.45, 7) is 12.3. The largest absolute Gasteiger partial charge is 0.486 e. The third-order valence-corrected chi connectivity index (χ3v) is 4.94. The van der Waals surface area contributed by atoms with E-state index in [-0.39, 0.29) is 5.91 Å². The zero-order valence-corrected chi connectivity index (χ0v) is 17.0. The molecule has 0 aliphatic heterocycles. The number of hydrogen-bond donors (Lipinski definition) is 1. The Balaban J connectivity index is 1.80. The van der Waals surface area contributed by atoms with Gasteiger partial charge in [-0.15, -0.1) is 0 Å². The lowest BCUT2D eigenvalue weighted by Crippen LogP contribution is -2.34. The lowest BCUT2D eigenvalue weighted by molar-refractivity contribution is 0.0917. The highest BCUT2D eigenvalue weighted by molar-refractivity contribution is 5.91. The first-order valence-electron chi connectivity index (χ1n) is 9.89. The molecular weight excluding hydrogens is 340 g/mol. The first-order valence-corrected chi connectivity index (χ1v) is 9.89. The quantitative estimate of drug-likeness (QED) is 0.633. The maximum atomic E-state index is 12.2. The lowest BCUT2D eigenvalue weighted by Gasteiger charge is -2.17. The van der Waals surface area contributed by atoms with E-state index in [9.17, 15) is 4.79 Å². The predicted molar refractivity (Wildman–Crippen MR) is 108 cm³/mol. The molecule has 0 radical (unpaired) electrons. The van der Waals surface area contributed by atoms with Crippen molar-refractivity contribution in [3.63, 3.8) is 0 Å². The summed E-state index contributed by atoms with van der Waals surface area (Å²) in [5.41, 5.74) is 1.31. The number of benzene rings is 1. The van der Waals surface area contributed by atoms with Crippen molar-refractivity contribution in [2.24, 2.45) is 0 Å². The van der Waals surface area contributed by atoms with Crippen LogP contribution in [0.5, 0.6) is 5.75 Å².